The molecule has 1 atom stereocenters. The Labute approximate surface area is 205 Å². The van der Waals surface area contributed by atoms with Crippen molar-refractivity contribution in [2.75, 3.05) is 32.0 Å². The highest BCUT2D eigenvalue weighted by Gasteiger charge is 2.27. The zero-order chi connectivity index (χ0) is 23.2. The number of carbonyl (C=O) groups is 1. The summed E-state index contributed by atoms with van der Waals surface area (Å²) in [5, 5.41) is 7.29. The van der Waals surface area contributed by atoms with Crippen molar-refractivity contribution in [2.24, 2.45) is 5.92 Å². The molecule has 1 heterocycles. The van der Waals surface area contributed by atoms with Gasteiger partial charge in [-0.05, 0) is 85.9 Å². The highest BCUT2D eigenvalue weighted by molar-refractivity contribution is 6.31. The summed E-state index contributed by atoms with van der Waals surface area (Å²) in [6, 6.07) is 23.5. The second-order valence-corrected chi connectivity index (χ2v) is 9.60. The maximum Gasteiger partial charge on any atom is 0.319 e. The second kappa shape index (κ2) is 11.1. The molecule has 1 saturated heterocycles. The van der Waals surface area contributed by atoms with E-state index in [1.165, 1.54) is 5.56 Å². The molecule has 1 fully saturated rings. The molecule has 1 unspecified atom stereocenters. The molecule has 4 rings (SSSR count). The van der Waals surface area contributed by atoms with E-state index in [9.17, 15) is 4.79 Å². The molecule has 2 amide bonds. The molecule has 0 radical (unpaired) electrons. The molecule has 3 aromatic rings. The highest BCUT2D eigenvalue weighted by atomic mass is 35.5. The van der Waals surface area contributed by atoms with E-state index in [2.05, 4.69) is 52.9 Å². The van der Waals surface area contributed by atoms with Crippen molar-refractivity contribution in [2.45, 2.75) is 18.8 Å². The first kappa shape index (κ1) is 23.6. The number of piperidine rings is 1. The van der Waals surface area contributed by atoms with Crippen LogP contribution < -0.4 is 10.6 Å². The third-order valence-electron chi connectivity index (χ3n) is 6.39. The number of urea groups is 1. The first-order valence-electron chi connectivity index (χ1n) is 11.3. The average molecular weight is 482 g/mol. The quantitative estimate of drug-likeness (QED) is 0.401. The molecule has 0 saturated carbocycles. The number of hydrogen-bond donors (Lipinski definition) is 2. The molecule has 4 nitrogen and oxygen atoms in total. The fourth-order valence-electron chi connectivity index (χ4n) is 4.52. The van der Waals surface area contributed by atoms with Crippen LogP contribution in [0.25, 0.3) is 11.1 Å². The maximum atomic E-state index is 12.6. The average Bonchev–Trinajstić information content (AvgIpc) is 2.81. The van der Waals surface area contributed by atoms with Gasteiger partial charge >= 0.3 is 6.03 Å². The van der Waals surface area contributed by atoms with Gasteiger partial charge in [0.1, 0.15) is 0 Å². The Morgan fingerprint density at radius 2 is 1.61 bits per heavy atom. The molecular weight excluding hydrogens is 453 g/mol. The molecule has 6 heteroatoms. The molecular formula is C27H29Cl2N3O. The minimum Gasteiger partial charge on any atom is -0.337 e. The smallest absolute Gasteiger partial charge is 0.319 e. The normalized spacial score (nSPS) is 15.7. The van der Waals surface area contributed by atoms with Crippen molar-refractivity contribution in [3.63, 3.8) is 0 Å². The largest absolute Gasteiger partial charge is 0.337 e. The van der Waals surface area contributed by atoms with E-state index in [0.717, 1.165) is 42.1 Å². The van der Waals surface area contributed by atoms with Crippen molar-refractivity contribution >= 4 is 34.9 Å². The van der Waals surface area contributed by atoms with E-state index in [1.807, 2.05) is 30.3 Å². The summed E-state index contributed by atoms with van der Waals surface area (Å²) >= 11 is 12.2. The lowest BCUT2D eigenvalue weighted by Crippen LogP contribution is -2.38. The molecule has 1 aliphatic heterocycles. The van der Waals surface area contributed by atoms with Crippen LogP contribution in [0, 0.1) is 5.92 Å². The first-order chi connectivity index (χ1) is 16.0. The number of carbonyl (C=O) groups excluding carboxylic acids is 1. The molecule has 2 N–H and O–H groups in total. The number of nitrogens with one attached hydrogen (secondary N) is 2. The van der Waals surface area contributed by atoms with Gasteiger partial charge < -0.3 is 15.5 Å². The van der Waals surface area contributed by atoms with Gasteiger partial charge in [-0.2, -0.15) is 0 Å². The monoisotopic (exact) mass is 481 g/mol. The number of hydrogen-bond acceptors (Lipinski definition) is 2. The maximum absolute atomic E-state index is 12.6. The number of halogens is 2. The molecule has 0 aromatic heterocycles. The van der Waals surface area contributed by atoms with Crippen molar-refractivity contribution < 1.29 is 4.79 Å². The molecule has 0 aliphatic carbocycles. The number of rotatable bonds is 6. The van der Waals surface area contributed by atoms with Crippen molar-refractivity contribution in [3.05, 3.63) is 88.4 Å². The summed E-state index contributed by atoms with van der Waals surface area (Å²) in [5.41, 5.74) is 4.17. The molecule has 0 bridgehead atoms. The summed E-state index contributed by atoms with van der Waals surface area (Å²) in [6.45, 7) is 2.74. The van der Waals surface area contributed by atoms with Gasteiger partial charge in [0, 0.05) is 28.2 Å². The SMILES string of the molecule is CN1CCC(C(CNC(=O)Nc2cccc(Cl)c2)c2ccc(-c3cccc(Cl)c3)cc2)CC1. The predicted molar refractivity (Wildman–Crippen MR) is 138 cm³/mol. The summed E-state index contributed by atoms with van der Waals surface area (Å²) in [5.74, 6) is 0.766. The molecule has 172 valence electrons. The van der Waals surface area contributed by atoms with E-state index in [-0.39, 0.29) is 11.9 Å². The van der Waals surface area contributed by atoms with Crippen LogP contribution in [0.1, 0.15) is 24.3 Å². The minimum absolute atomic E-state index is 0.217. The molecule has 3 aromatic carbocycles. The third kappa shape index (κ3) is 6.50. The topological polar surface area (TPSA) is 44.4 Å². The van der Waals surface area contributed by atoms with Crippen LogP contribution in [-0.4, -0.2) is 37.6 Å². The Kier molecular flexibility index (Phi) is 7.92. The van der Waals surface area contributed by atoms with Gasteiger partial charge in [-0.3, -0.25) is 0 Å². The van der Waals surface area contributed by atoms with Gasteiger partial charge in [0.2, 0.25) is 0 Å². The summed E-state index contributed by atoms with van der Waals surface area (Å²) < 4.78 is 0. The van der Waals surface area contributed by atoms with E-state index < -0.39 is 0 Å². The fourth-order valence-corrected chi connectivity index (χ4v) is 4.90. The van der Waals surface area contributed by atoms with E-state index in [1.54, 1.807) is 12.1 Å². The van der Waals surface area contributed by atoms with Gasteiger partial charge in [-0.1, -0.05) is 65.7 Å². The van der Waals surface area contributed by atoms with Crippen molar-refractivity contribution in [3.8, 4) is 11.1 Å². The van der Waals surface area contributed by atoms with Crippen LogP contribution in [0.4, 0.5) is 10.5 Å². The van der Waals surface area contributed by atoms with Crippen LogP contribution in [0.3, 0.4) is 0 Å². The van der Waals surface area contributed by atoms with Gasteiger partial charge in [-0.15, -0.1) is 0 Å². The Hall–Kier alpha value is -2.53. The molecule has 33 heavy (non-hydrogen) atoms. The lowest BCUT2D eigenvalue weighted by atomic mass is 9.79. The third-order valence-corrected chi connectivity index (χ3v) is 6.86. The standard InChI is InChI=1S/C27H29Cl2N3O/c1-32-14-12-21(13-15-32)26(18-30-27(33)31-25-7-3-6-24(29)17-25)20-10-8-19(9-11-20)22-4-2-5-23(28)16-22/h2-11,16-17,21,26H,12-15,18H2,1H3,(H2,30,31,33). The van der Waals surface area contributed by atoms with Crippen LogP contribution >= 0.6 is 23.2 Å². The second-order valence-electron chi connectivity index (χ2n) is 8.72. The van der Waals surface area contributed by atoms with Crippen LogP contribution in [0.5, 0.6) is 0 Å². The van der Waals surface area contributed by atoms with Gasteiger partial charge in [0.15, 0.2) is 0 Å². The Bertz CT molecular complexity index is 1080. The van der Waals surface area contributed by atoms with E-state index >= 15 is 0 Å². The van der Waals surface area contributed by atoms with Gasteiger partial charge in [0.05, 0.1) is 0 Å². The Morgan fingerprint density at radius 1 is 0.939 bits per heavy atom. The number of benzene rings is 3. The Morgan fingerprint density at radius 3 is 2.27 bits per heavy atom. The number of anilines is 1. The molecule has 1 aliphatic rings. The summed E-state index contributed by atoms with van der Waals surface area (Å²) in [7, 11) is 2.17. The summed E-state index contributed by atoms with van der Waals surface area (Å²) in [4.78, 5) is 14.9. The van der Waals surface area contributed by atoms with Crippen LogP contribution in [-0.2, 0) is 0 Å². The van der Waals surface area contributed by atoms with Gasteiger partial charge in [-0.25, -0.2) is 4.79 Å². The van der Waals surface area contributed by atoms with E-state index in [0.29, 0.717) is 23.2 Å². The lowest BCUT2D eigenvalue weighted by molar-refractivity contribution is 0.195. The van der Waals surface area contributed by atoms with Crippen LogP contribution in [0.2, 0.25) is 10.0 Å². The fraction of sp³-hybridized carbons (Fsp3) is 0.296. The van der Waals surface area contributed by atoms with Crippen molar-refractivity contribution in [1.29, 1.82) is 0 Å². The van der Waals surface area contributed by atoms with E-state index in [4.69, 9.17) is 23.2 Å². The van der Waals surface area contributed by atoms with Gasteiger partial charge in [0.25, 0.3) is 0 Å². The highest BCUT2D eigenvalue weighted by Crippen LogP contribution is 2.33. The Balaban J connectivity index is 1.48. The van der Waals surface area contributed by atoms with Crippen LogP contribution in [0.15, 0.2) is 72.8 Å². The summed E-state index contributed by atoms with van der Waals surface area (Å²) in [6.07, 6.45) is 2.24. The zero-order valence-corrected chi connectivity index (χ0v) is 20.2. The number of likely N-dealkylation sites (tertiary alicyclic amines) is 1. The first-order valence-corrected chi connectivity index (χ1v) is 12.1. The molecule has 0 spiro atoms. The number of nitrogens with zero attached hydrogens (tertiary/aromatic N) is 1. The zero-order valence-electron chi connectivity index (χ0n) is 18.7. The predicted octanol–water partition coefficient (Wildman–Crippen LogP) is 6.91. The van der Waals surface area contributed by atoms with Crippen molar-refractivity contribution in [1.82, 2.24) is 10.2 Å². The number of amides is 2. The lowest BCUT2D eigenvalue weighted by Gasteiger charge is -2.35. The minimum atomic E-state index is -0.217.